The summed E-state index contributed by atoms with van der Waals surface area (Å²) in [6, 6.07) is 12.3. The van der Waals surface area contributed by atoms with E-state index in [4.69, 9.17) is 4.42 Å². The van der Waals surface area contributed by atoms with Crippen LogP contribution in [0.2, 0.25) is 0 Å². The van der Waals surface area contributed by atoms with Crippen molar-refractivity contribution in [3.8, 4) is 0 Å². The quantitative estimate of drug-likeness (QED) is 0.736. The van der Waals surface area contributed by atoms with Crippen LogP contribution in [0.3, 0.4) is 0 Å². The highest BCUT2D eigenvalue weighted by Crippen LogP contribution is 2.19. The first-order valence-electron chi connectivity index (χ1n) is 9.21. The largest absolute Gasteiger partial charge is 0.459 e. The van der Waals surface area contributed by atoms with Crippen LogP contribution in [0.15, 0.2) is 65.4 Å². The second kappa shape index (κ2) is 8.14. The molecule has 0 radical (unpaired) electrons. The average molecular weight is 394 g/mol. The number of carbonyl (C=O) groups is 2. The van der Waals surface area contributed by atoms with Crippen molar-refractivity contribution < 1.29 is 18.4 Å². The van der Waals surface area contributed by atoms with Crippen molar-refractivity contribution in [2.24, 2.45) is 0 Å². The van der Waals surface area contributed by atoms with Crippen LogP contribution < -0.4 is 10.2 Å². The Labute approximate surface area is 166 Å². The zero-order valence-corrected chi connectivity index (χ0v) is 15.5. The zero-order chi connectivity index (χ0) is 20.2. The van der Waals surface area contributed by atoms with Crippen molar-refractivity contribution in [1.82, 2.24) is 9.88 Å². The number of aromatic nitrogens is 1. The Kier molecular flexibility index (Phi) is 5.24. The van der Waals surface area contributed by atoms with Gasteiger partial charge in [-0.25, -0.2) is 9.37 Å². The van der Waals surface area contributed by atoms with Crippen LogP contribution in [0.1, 0.15) is 20.9 Å². The summed E-state index contributed by atoms with van der Waals surface area (Å²) < 4.78 is 18.1. The summed E-state index contributed by atoms with van der Waals surface area (Å²) in [6.07, 6.45) is 3.18. The maximum Gasteiger partial charge on any atom is 0.289 e. The van der Waals surface area contributed by atoms with Crippen LogP contribution in [-0.2, 0) is 0 Å². The third kappa shape index (κ3) is 4.26. The van der Waals surface area contributed by atoms with E-state index in [0.29, 0.717) is 43.3 Å². The minimum Gasteiger partial charge on any atom is -0.459 e. The molecule has 8 heteroatoms. The highest BCUT2D eigenvalue weighted by molar-refractivity contribution is 6.03. The van der Waals surface area contributed by atoms with E-state index < -0.39 is 5.82 Å². The number of hydrogen-bond donors (Lipinski definition) is 1. The fourth-order valence-corrected chi connectivity index (χ4v) is 3.16. The van der Waals surface area contributed by atoms with E-state index >= 15 is 0 Å². The number of benzene rings is 1. The number of halogens is 1. The molecule has 1 aliphatic heterocycles. The summed E-state index contributed by atoms with van der Waals surface area (Å²) in [7, 11) is 0. The molecule has 1 aromatic carbocycles. The highest BCUT2D eigenvalue weighted by Gasteiger charge is 2.24. The summed E-state index contributed by atoms with van der Waals surface area (Å²) in [6.45, 7) is 2.52. The standard InChI is InChI=1S/C21H19FN4O3/c22-16-5-3-15(4-6-16)20(27)24-19-8-7-17(14-23-19)25-9-11-26(12-10-25)21(28)18-2-1-13-29-18/h1-8,13-14H,9-12H2,(H,23,24,27). The van der Waals surface area contributed by atoms with Crippen LogP contribution in [-0.4, -0.2) is 47.9 Å². The van der Waals surface area contributed by atoms with Crippen molar-refractivity contribution in [2.45, 2.75) is 0 Å². The van der Waals surface area contributed by atoms with Gasteiger partial charge in [0.05, 0.1) is 18.1 Å². The predicted octanol–water partition coefficient (Wildman–Crippen LogP) is 3.03. The van der Waals surface area contributed by atoms with E-state index in [0.717, 1.165) is 5.69 Å². The molecule has 148 valence electrons. The number of carbonyl (C=O) groups excluding carboxylic acids is 2. The van der Waals surface area contributed by atoms with Crippen molar-refractivity contribution in [2.75, 3.05) is 36.4 Å². The monoisotopic (exact) mass is 394 g/mol. The molecular weight excluding hydrogens is 375 g/mol. The molecule has 2 aromatic heterocycles. The van der Waals surface area contributed by atoms with Crippen LogP contribution >= 0.6 is 0 Å². The number of rotatable bonds is 4. The third-order valence-corrected chi connectivity index (χ3v) is 4.76. The molecule has 1 N–H and O–H groups in total. The summed E-state index contributed by atoms with van der Waals surface area (Å²) >= 11 is 0. The van der Waals surface area contributed by atoms with Crippen LogP contribution in [0.25, 0.3) is 0 Å². The van der Waals surface area contributed by atoms with Crippen LogP contribution in [0, 0.1) is 5.82 Å². The maximum absolute atomic E-state index is 13.0. The van der Waals surface area contributed by atoms with Gasteiger partial charge >= 0.3 is 0 Å². The predicted molar refractivity (Wildman–Crippen MR) is 105 cm³/mol. The Morgan fingerprint density at radius 2 is 1.76 bits per heavy atom. The minimum atomic E-state index is -0.394. The molecule has 0 atom stereocenters. The molecule has 0 spiro atoms. The van der Waals surface area contributed by atoms with Crippen LogP contribution in [0.5, 0.6) is 0 Å². The molecule has 29 heavy (non-hydrogen) atoms. The summed E-state index contributed by atoms with van der Waals surface area (Å²) in [5.74, 6) is -0.0898. The van der Waals surface area contributed by atoms with E-state index in [-0.39, 0.29) is 11.8 Å². The first kappa shape index (κ1) is 18.7. The molecule has 1 fully saturated rings. The van der Waals surface area contributed by atoms with Crippen molar-refractivity contribution in [3.63, 3.8) is 0 Å². The lowest BCUT2D eigenvalue weighted by Crippen LogP contribution is -2.48. The Morgan fingerprint density at radius 3 is 2.38 bits per heavy atom. The van der Waals surface area contributed by atoms with Gasteiger partial charge in [0.25, 0.3) is 11.8 Å². The summed E-state index contributed by atoms with van der Waals surface area (Å²) in [4.78, 5) is 32.7. The Hall–Kier alpha value is -3.68. The fraction of sp³-hybridized carbons (Fsp3) is 0.190. The van der Waals surface area contributed by atoms with E-state index in [1.807, 2.05) is 6.07 Å². The second-order valence-corrected chi connectivity index (χ2v) is 6.62. The van der Waals surface area contributed by atoms with Crippen molar-refractivity contribution >= 4 is 23.3 Å². The van der Waals surface area contributed by atoms with Crippen molar-refractivity contribution in [1.29, 1.82) is 0 Å². The zero-order valence-electron chi connectivity index (χ0n) is 15.5. The van der Waals surface area contributed by atoms with Crippen LogP contribution in [0.4, 0.5) is 15.9 Å². The van der Waals surface area contributed by atoms with Gasteiger partial charge in [0.2, 0.25) is 0 Å². The topological polar surface area (TPSA) is 78.7 Å². The second-order valence-electron chi connectivity index (χ2n) is 6.62. The Bertz CT molecular complexity index is 980. The van der Waals surface area contributed by atoms with Gasteiger partial charge in [-0.2, -0.15) is 0 Å². The van der Waals surface area contributed by atoms with Gasteiger partial charge in [-0.1, -0.05) is 0 Å². The lowest BCUT2D eigenvalue weighted by Gasteiger charge is -2.35. The molecule has 7 nitrogen and oxygen atoms in total. The Morgan fingerprint density at radius 1 is 1.00 bits per heavy atom. The van der Waals surface area contributed by atoms with Gasteiger partial charge < -0.3 is 19.5 Å². The number of furan rings is 1. The number of nitrogens with one attached hydrogen (secondary N) is 1. The molecule has 2 amide bonds. The molecule has 1 saturated heterocycles. The van der Waals surface area contributed by atoms with Gasteiger partial charge in [-0.3, -0.25) is 9.59 Å². The Balaban J connectivity index is 1.33. The van der Waals surface area contributed by atoms with Gasteiger partial charge in [0, 0.05) is 31.7 Å². The molecule has 3 aromatic rings. The van der Waals surface area contributed by atoms with E-state index in [1.54, 1.807) is 29.3 Å². The maximum atomic E-state index is 13.0. The molecular formula is C21H19FN4O3. The molecule has 0 aliphatic carbocycles. The smallest absolute Gasteiger partial charge is 0.289 e. The van der Waals surface area contributed by atoms with E-state index in [2.05, 4.69) is 15.2 Å². The lowest BCUT2D eigenvalue weighted by atomic mass is 10.2. The average Bonchev–Trinajstić information content (AvgIpc) is 3.29. The summed E-state index contributed by atoms with van der Waals surface area (Å²) in [5, 5.41) is 2.69. The van der Waals surface area contributed by atoms with Gasteiger partial charge in [-0.15, -0.1) is 0 Å². The summed E-state index contributed by atoms with van der Waals surface area (Å²) in [5.41, 5.74) is 1.27. The molecule has 0 saturated carbocycles. The normalized spacial score (nSPS) is 14.0. The first-order chi connectivity index (χ1) is 14.1. The fourth-order valence-electron chi connectivity index (χ4n) is 3.16. The van der Waals surface area contributed by atoms with E-state index in [9.17, 15) is 14.0 Å². The van der Waals surface area contributed by atoms with Gasteiger partial charge in [0.15, 0.2) is 5.76 Å². The van der Waals surface area contributed by atoms with Crippen molar-refractivity contribution in [3.05, 3.63) is 78.1 Å². The number of anilines is 2. The highest BCUT2D eigenvalue weighted by atomic mass is 19.1. The van der Waals surface area contributed by atoms with E-state index in [1.165, 1.54) is 30.5 Å². The molecule has 4 rings (SSSR count). The third-order valence-electron chi connectivity index (χ3n) is 4.76. The number of amides is 2. The molecule has 0 unspecified atom stereocenters. The lowest BCUT2D eigenvalue weighted by molar-refractivity contribution is 0.0714. The number of nitrogens with zero attached hydrogens (tertiary/aromatic N) is 3. The van der Waals surface area contributed by atoms with Gasteiger partial charge in [-0.05, 0) is 48.5 Å². The first-order valence-corrected chi connectivity index (χ1v) is 9.21. The number of pyridine rings is 1. The molecule has 1 aliphatic rings. The SMILES string of the molecule is O=C(Nc1ccc(N2CCN(C(=O)c3ccco3)CC2)cn1)c1ccc(F)cc1. The molecule has 0 bridgehead atoms. The number of hydrogen-bond acceptors (Lipinski definition) is 5. The minimum absolute atomic E-state index is 0.105. The number of piperazine rings is 1. The van der Waals surface area contributed by atoms with Gasteiger partial charge in [0.1, 0.15) is 11.6 Å². The molecule has 3 heterocycles.